The van der Waals surface area contributed by atoms with Crippen LogP contribution in [0.3, 0.4) is 0 Å². The Morgan fingerprint density at radius 3 is 2.81 bits per heavy atom. The van der Waals surface area contributed by atoms with Gasteiger partial charge >= 0.3 is 0 Å². The van der Waals surface area contributed by atoms with Crippen LogP contribution >= 0.6 is 15.9 Å². The summed E-state index contributed by atoms with van der Waals surface area (Å²) in [4.78, 5) is 13.2. The van der Waals surface area contributed by atoms with Gasteiger partial charge in [0.1, 0.15) is 11.8 Å². The number of anilines is 1. The summed E-state index contributed by atoms with van der Waals surface area (Å²) >= 11 is 3.48. The second-order valence-electron chi connectivity index (χ2n) is 7.48. The molecule has 0 saturated heterocycles. The fourth-order valence-electron chi connectivity index (χ4n) is 4.33. The lowest BCUT2D eigenvalue weighted by Gasteiger charge is -2.20. The average molecular weight is 430 g/mol. The summed E-state index contributed by atoms with van der Waals surface area (Å²) in [7, 11) is 0. The second kappa shape index (κ2) is 6.54. The van der Waals surface area contributed by atoms with E-state index in [2.05, 4.69) is 42.3 Å². The van der Waals surface area contributed by atoms with E-state index >= 15 is 0 Å². The minimum atomic E-state index is -0.665. The van der Waals surface area contributed by atoms with Crippen molar-refractivity contribution in [3.8, 4) is 0 Å². The Hall–Kier alpha value is -2.03. The molecule has 2 saturated carbocycles. The summed E-state index contributed by atoms with van der Waals surface area (Å²) in [6.07, 6.45) is 3.03. The maximum atomic E-state index is 10.3. The molecule has 1 aromatic carbocycles. The van der Waals surface area contributed by atoms with Gasteiger partial charge in [0, 0.05) is 23.5 Å². The third-order valence-corrected chi connectivity index (χ3v) is 6.32. The van der Waals surface area contributed by atoms with Gasteiger partial charge in [0.25, 0.3) is 0 Å². The Labute approximate surface area is 164 Å². The van der Waals surface area contributed by atoms with Gasteiger partial charge in [-0.2, -0.15) is 0 Å². The fourth-order valence-corrected chi connectivity index (χ4v) is 4.77. The highest BCUT2D eigenvalue weighted by molar-refractivity contribution is 9.10. The zero-order chi connectivity index (χ0) is 18.5. The van der Waals surface area contributed by atoms with Crippen molar-refractivity contribution in [3.05, 3.63) is 47.0 Å². The molecule has 2 heterocycles. The van der Waals surface area contributed by atoms with Crippen LogP contribution in [0, 0.1) is 17.8 Å². The van der Waals surface area contributed by atoms with Crippen molar-refractivity contribution in [2.75, 3.05) is 5.32 Å². The summed E-state index contributed by atoms with van der Waals surface area (Å²) in [5, 5.41) is 23.7. The molecule has 5 rings (SSSR count). The molecule has 2 aliphatic rings. The van der Waals surface area contributed by atoms with Gasteiger partial charge in [0.05, 0.1) is 18.5 Å². The van der Waals surface area contributed by atoms with Crippen LogP contribution < -0.4 is 5.32 Å². The molecule has 0 bridgehead atoms. The molecule has 0 amide bonds. The predicted octanol–water partition coefficient (Wildman–Crippen LogP) is 2.19. The SMILES string of the molecule is O[C@@H]1[C@H](O)[C@@H]2C[C@@H]2[C@H]1Cn1cnc2c(NCc3cccc(Br)c3)ncnc21. The normalized spacial score (nSPS) is 29.1. The number of halogens is 1. The zero-order valence-corrected chi connectivity index (χ0v) is 16.1. The molecule has 3 N–H and O–H groups in total. The highest BCUT2D eigenvalue weighted by Gasteiger charge is 2.58. The van der Waals surface area contributed by atoms with Gasteiger partial charge in [-0.15, -0.1) is 0 Å². The van der Waals surface area contributed by atoms with Gasteiger partial charge in [-0.05, 0) is 36.0 Å². The number of aliphatic hydroxyl groups excluding tert-OH is 2. The lowest BCUT2D eigenvalue weighted by molar-refractivity contribution is -0.00373. The van der Waals surface area contributed by atoms with E-state index in [0.717, 1.165) is 22.1 Å². The number of aromatic nitrogens is 4. The molecule has 5 atom stereocenters. The van der Waals surface area contributed by atoms with E-state index in [4.69, 9.17) is 0 Å². The van der Waals surface area contributed by atoms with Gasteiger partial charge in [0.2, 0.25) is 0 Å². The summed E-state index contributed by atoms with van der Waals surface area (Å²) < 4.78 is 3.00. The van der Waals surface area contributed by atoms with Gasteiger partial charge in [-0.3, -0.25) is 0 Å². The molecule has 2 fully saturated rings. The molecular formula is C19H20BrN5O2. The largest absolute Gasteiger partial charge is 0.390 e. The number of hydrogen-bond donors (Lipinski definition) is 3. The van der Waals surface area contributed by atoms with Crippen LogP contribution in [0.25, 0.3) is 11.2 Å². The van der Waals surface area contributed by atoms with Crippen molar-refractivity contribution in [1.29, 1.82) is 0 Å². The van der Waals surface area contributed by atoms with Gasteiger partial charge < -0.3 is 20.1 Å². The van der Waals surface area contributed by atoms with E-state index in [1.807, 2.05) is 22.8 Å². The van der Waals surface area contributed by atoms with Crippen LogP contribution in [0.1, 0.15) is 12.0 Å². The van der Waals surface area contributed by atoms with Crippen molar-refractivity contribution in [1.82, 2.24) is 19.5 Å². The molecule has 2 aromatic heterocycles. The number of rotatable bonds is 5. The predicted molar refractivity (Wildman–Crippen MR) is 104 cm³/mol. The fraction of sp³-hybridized carbons (Fsp3) is 0.421. The lowest BCUT2D eigenvalue weighted by Crippen LogP contribution is -2.31. The molecule has 0 unspecified atom stereocenters. The van der Waals surface area contributed by atoms with Crippen LogP contribution in [-0.4, -0.2) is 41.9 Å². The van der Waals surface area contributed by atoms with E-state index in [1.54, 1.807) is 6.33 Å². The first kappa shape index (κ1) is 17.1. The Kier molecular flexibility index (Phi) is 4.14. The maximum Gasteiger partial charge on any atom is 0.165 e. The van der Waals surface area contributed by atoms with Crippen molar-refractivity contribution < 1.29 is 10.2 Å². The minimum Gasteiger partial charge on any atom is -0.390 e. The summed E-state index contributed by atoms with van der Waals surface area (Å²) in [6.45, 7) is 1.24. The average Bonchev–Trinajstić information content (AvgIpc) is 3.30. The number of imidazole rings is 1. The van der Waals surface area contributed by atoms with E-state index < -0.39 is 12.2 Å². The Morgan fingerprint density at radius 2 is 2.04 bits per heavy atom. The number of nitrogens with zero attached hydrogens (tertiary/aromatic N) is 4. The molecule has 7 nitrogen and oxygen atoms in total. The van der Waals surface area contributed by atoms with Crippen LogP contribution in [0.5, 0.6) is 0 Å². The summed E-state index contributed by atoms with van der Waals surface area (Å²) in [5.41, 5.74) is 2.60. The number of aliphatic hydroxyl groups is 2. The zero-order valence-electron chi connectivity index (χ0n) is 14.5. The smallest absolute Gasteiger partial charge is 0.165 e. The summed E-state index contributed by atoms with van der Waals surface area (Å²) in [5.74, 6) is 1.41. The van der Waals surface area contributed by atoms with Crippen molar-refractivity contribution in [2.24, 2.45) is 17.8 Å². The molecule has 0 spiro atoms. The molecule has 140 valence electrons. The minimum absolute atomic E-state index is 0.0513. The second-order valence-corrected chi connectivity index (χ2v) is 8.40. The molecular weight excluding hydrogens is 410 g/mol. The molecule has 27 heavy (non-hydrogen) atoms. The number of fused-ring (bicyclic) bond motifs is 2. The van der Waals surface area contributed by atoms with E-state index in [1.165, 1.54) is 6.33 Å². The lowest BCUT2D eigenvalue weighted by atomic mass is 9.99. The maximum absolute atomic E-state index is 10.3. The molecule has 0 radical (unpaired) electrons. The van der Waals surface area contributed by atoms with Crippen LogP contribution in [0.4, 0.5) is 5.82 Å². The van der Waals surface area contributed by atoms with E-state index in [-0.39, 0.29) is 11.8 Å². The first-order valence-electron chi connectivity index (χ1n) is 9.12. The first-order chi connectivity index (χ1) is 13.1. The number of hydrogen-bond acceptors (Lipinski definition) is 6. The Bertz CT molecular complexity index is 993. The quantitative estimate of drug-likeness (QED) is 0.575. The van der Waals surface area contributed by atoms with E-state index in [0.29, 0.717) is 30.3 Å². The molecule has 8 heteroatoms. The topological polar surface area (TPSA) is 96.1 Å². The van der Waals surface area contributed by atoms with Crippen molar-refractivity contribution in [3.63, 3.8) is 0 Å². The monoisotopic (exact) mass is 429 g/mol. The van der Waals surface area contributed by atoms with E-state index in [9.17, 15) is 10.2 Å². The molecule has 2 aliphatic carbocycles. The Morgan fingerprint density at radius 1 is 1.15 bits per heavy atom. The van der Waals surface area contributed by atoms with Gasteiger partial charge in [-0.1, -0.05) is 28.1 Å². The van der Waals surface area contributed by atoms with Crippen LogP contribution in [0.15, 0.2) is 41.4 Å². The standard InChI is InChI=1S/C19H20BrN5O2/c20-11-3-1-2-10(4-11)6-21-18-15-19(23-8-22-18)25(9-24-15)7-14-12-5-13(12)16(26)17(14)27/h1-4,8-9,12-14,16-17,26-27H,5-7H2,(H,21,22,23)/t12-,13+,14+,16+,17-/m0/s1. The molecule has 3 aromatic rings. The highest BCUT2D eigenvalue weighted by atomic mass is 79.9. The third kappa shape index (κ3) is 3.01. The van der Waals surface area contributed by atoms with Crippen LogP contribution in [0.2, 0.25) is 0 Å². The summed E-state index contributed by atoms with van der Waals surface area (Å²) in [6, 6.07) is 8.10. The third-order valence-electron chi connectivity index (χ3n) is 5.83. The highest BCUT2D eigenvalue weighted by Crippen LogP contribution is 2.55. The van der Waals surface area contributed by atoms with Gasteiger partial charge in [-0.25, -0.2) is 15.0 Å². The van der Waals surface area contributed by atoms with Crippen molar-refractivity contribution in [2.45, 2.75) is 31.7 Å². The van der Waals surface area contributed by atoms with Crippen molar-refractivity contribution >= 4 is 32.9 Å². The Balaban J connectivity index is 1.37. The number of benzene rings is 1. The van der Waals surface area contributed by atoms with Gasteiger partial charge in [0.15, 0.2) is 11.5 Å². The number of nitrogens with one attached hydrogen (secondary N) is 1. The molecule has 0 aliphatic heterocycles. The van der Waals surface area contributed by atoms with Crippen LogP contribution in [-0.2, 0) is 13.1 Å². The first-order valence-corrected chi connectivity index (χ1v) is 9.91.